The molecule has 0 radical (unpaired) electrons. The van der Waals surface area contributed by atoms with Gasteiger partial charge in [0.05, 0.1) is 0 Å². The van der Waals surface area contributed by atoms with Crippen molar-refractivity contribution in [2.45, 2.75) is 31.3 Å². The van der Waals surface area contributed by atoms with Gasteiger partial charge in [0.2, 0.25) is 0 Å². The van der Waals surface area contributed by atoms with E-state index in [-0.39, 0.29) is 25.2 Å². The summed E-state index contributed by atoms with van der Waals surface area (Å²) in [7, 11) is 0. The van der Waals surface area contributed by atoms with Crippen LogP contribution in [0.5, 0.6) is 0 Å². The molecule has 8 N–H and O–H groups in total. The van der Waals surface area contributed by atoms with Crippen LogP contribution in [0.1, 0.15) is 19.3 Å². The molecule has 0 aliphatic heterocycles. The van der Waals surface area contributed by atoms with Crippen LogP contribution < -0.4 is 17.2 Å². The zero-order chi connectivity index (χ0) is 13.8. The Morgan fingerprint density at radius 3 is 1.72 bits per heavy atom. The summed E-state index contributed by atoms with van der Waals surface area (Å²) in [4.78, 5) is 19.9. The van der Waals surface area contributed by atoms with Crippen LogP contribution in [-0.2, 0) is 29.1 Å². The molecule has 18 heavy (non-hydrogen) atoms. The molecule has 0 aliphatic carbocycles. The van der Waals surface area contributed by atoms with Crippen LogP contribution in [0.3, 0.4) is 0 Å². The molecule has 104 valence electrons. The summed E-state index contributed by atoms with van der Waals surface area (Å²) in [6.45, 7) is 0.604. The molecule has 0 saturated heterocycles. The first-order valence-electron chi connectivity index (χ1n) is 5.14. The number of aliphatic carboxylic acids is 2. The van der Waals surface area contributed by atoms with Crippen LogP contribution in [0.25, 0.3) is 0 Å². The maximum Gasteiger partial charge on any atom is 0.321 e. The van der Waals surface area contributed by atoms with E-state index in [2.05, 4.69) is 12.6 Å². The smallest absolute Gasteiger partial charge is 0.321 e. The van der Waals surface area contributed by atoms with Crippen molar-refractivity contribution < 1.29 is 39.3 Å². The molecular formula is C9H21N3O4SZn. The van der Waals surface area contributed by atoms with Gasteiger partial charge in [0.15, 0.2) is 0 Å². The quantitative estimate of drug-likeness (QED) is 0.195. The number of hydrogen-bond acceptors (Lipinski definition) is 6. The molecule has 0 bridgehead atoms. The average Bonchev–Trinajstić information content (AvgIpc) is 2.28. The molecule has 0 aliphatic rings. The van der Waals surface area contributed by atoms with Gasteiger partial charge >= 0.3 is 11.9 Å². The standard InChI is InChI=1S/C6H14N2O2.C3H7NO2S.Zn/c7-4-2-1-3-5(8)6(9)10;4-2(1-7)3(5)6;/h5H,1-4,7-8H2,(H,9,10);2,7H,1,4H2,(H,5,6);/t5-;2-;/m00./s1. The first-order chi connectivity index (χ1) is 7.86. The second-order valence-corrected chi connectivity index (χ2v) is 3.72. The van der Waals surface area contributed by atoms with Gasteiger partial charge in [-0.1, -0.05) is 6.42 Å². The van der Waals surface area contributed by atoms with Gasteiger partial charge in [0.1, 0.15) is 12.1 Å². The van der Waals surface area contributed by atoms with E-state index in [0.717, 1.165) is 12.8 Å². The van der Waals surface area contributed by atoms with E-state index >= 15 is 0 Å². The van der Waals surface area contributed by atoms with Gasteiger partial charge in [0.25, 0.3) is 0 Å². The third-order valence-corrected chi connectivity index (χ3v) is 2.19. The summed E-state index contributed by atoms with van der Waals surface area (Å²) >= 11 is 3.65. The minimum Gasteiger partial charge on any atom is -0.480 e. The van der Waals surface area contributed by atoms with Crippen LogP contribution in [0.15, 0.2) is 0 Å². The first-order valence-corrected chi connectivity index (χ1v) is 5.77. The summed E-state index contributed by atoms with van der Waals surface area (Å²) in [6, 6.07) is -1.53. The fourth-order valence-electron chi connectivity index (χ4n) is 0.710. The Morgan fingerprint density at radius 2 is 1.50 bits per heavy atom. The number of unbranched alkanes of at least 4 members (excludes halogenated alkanes) is 1. The van der Waals surface area contributed by atoms with E-state index in [1.54, 1.807) is 0 Å². The summed E-state index contributed by atoms with van der Waals surface area (Å²) < 4.78 is 0. The number of carboxylic acid groups (broad SMARTS) is 2. The van der Waals surface area contributed by atoms with Gasteiger partial charge in [-0.2, -0.15) is 12.6 Å². The summed E-state index contributed by atoms with van der Waals surface area (Å²) in [5.74, 6) is -1.75. The maximum atomic E-state index is 10.1. The predicted octanol–water partition coefficient (Wildman–Crippen LogP) is -1.15. The monoisotopic (exact) mass is 331 g/mol. The fraction of sp³-hybridized carbons (Fsp3) is 0.778. The maximum absolute atomic E-state index is 10.1. The van der Waals surface area contributed by atoms with Crippen molar-refractivity contribution in [1.29, 1.82) is 0 Å². The summed E-state index contributed by atoms with van der Waals surface area (Å²) in [5.41, 5.74) is 15.4. The molecule has 0 aromatic heterocycles. The third kappa shape index (κ3) is 15.8. The van der Waals surface area contributed by atoms with Crippen LogP contribution in [0.2, 0.25) is 0 Å². The van der Waals surface area contributed by atoms with E-state index in [1.807, 2.05) is 0 Å². The van der Waals surface area contributed by atoms with E-state index < -0.39 is 24.0 Å². The molecule has 0 fully saturated rings. The Labute approximate surface area is 125 Å². The molecule has 0 unspecified atom stereocenters. The van der Waals surface area contributed by atoms with Gasteiger partial charge in [0, 0.05) is 25.2 Å². The van der Waals surface area contributed by atoms with Crippen LogP contribution in [-0.4, -0.2) is 46.5 Å². The van der Waals surface area contributed by atoms with Crippen molar-refractivity contribution in [3.8, 4) is 0 Å². The van der Waals surface area contributed by atoms with Crippen molar-refractivity contribution in [2.24, 2.45) is 17.2 Å². The largest absolute Gasteiger partial charge is 0.480 e. The Kier molecular flexibility index (Phi) is 18.9. The van der Waals surface area contributed by atoms with Gasteiger partial charge in [-0.3, -0.25) is 9.59 Å². The molecule has 7 nitrogen and oxygen atoms in total. The zero-order valence-corrected chi connectivity index (χ0v) is 14.1. The molecule has 0 amide bonds. The van der Waals surface area contributed by atoms with E-state index in [9.17, 15) is 9.59 Å². The van der Waals surface area contributed by atoms with Crippen LogP contribution >= 0.6 is 12.6 Å². The number of carbonyl (C=O) groups is 2. The summed E-state index contributed by atoms with van der Waals surface area (Å²) in [5, 5.41) is 16.3. The molecule has 2 atom stereocenters. The average molecular weight is 333 g/mol. The van der Waals surface area contributed by atoms with E-state index in [4.69, 9.17) is 27.4 Å². The van der Waals surface area contributed by atoms with Crippen molar-refractivity contribution in [2.75, 3.05) is 12.3 Å². The number of carboxylic acids is 2. The number of rotatable bonds is 7. The first kappa shape index (κ1) is 22.9. The molecule has 9 heteroatoms. The Morgan fingerprint density at radius 1 is 1.06 bits per heavy atom. The Bertz CT molecular complexity index is 234. The SMILES string of the molecule is NCCCC[C@H](N)C(=O)O.N[C@@H](CS)C(=O)O.[Zn]. The molecule has 0 aromatic carbocycles. The molecule has 0 aromatic rings. The van der Waals surface area contributed by atoms with Crippen molar-refractivity contribution in [1.82, 2.24) is 0 Å². The summed E-state index contributed by atoms with van der Waals surface area (Å²) in [6.07, 6.45) is 2.16. The molecular weight excluding hydrogens is 312 g/mol. The third-order valence-electron chi connectivity index (χ3n) is 1.80. The van der Waals surface area contributed by atoms with Gasteiger partial charge in [-0.15, -0.1) is 0 Å². The Hall–Kier alpha value is -0.207. The zero-order valence-electron chi connectivity index (χ0n) is 10.3. The molecule has 0 spiro atoms. The predicted molar refractivity (Wildman–Crippen MR) is 68.0 cm³/mol. The van der Waals surface area contributed by atoms with Crippen LogP contribution in [0, 0.1) is 0 Å². The minimum absolute atomic E-state index is 0. The second-order valence-electron chi connectivity index (χ2n) is 3.36. The van der Waals surface area contributed by atoms with Gasteiger partial charge in [-0.25, -0.2) is 0 Å². The van der Waals surface area contributed by atoms with E-state index in [1.165, 1.54) is 0 Å². The number of thiol groups is 1. The van der Waals surface area contributed by atoms with Crippen LogP contribution in [0.4, 0.5) is 0 Å². The Balaban J connectivity index is -0.000000251. The topological polar surface area (TPSA) is 153 Å². The van der Waals surface area contributed by atoms with Crippen molar-refractivity contribution in [3.63, 3.8) is 0 Å². The normalized spacial score (nSPS) is 12.4. The van der Waals surface area contributed by atoms with Crippen molar-refractivity contribution >= 4 is 24.6 Å². The number of hydrogen-bond donors (Lipinski definition) is 6. The van der Waals surface area contributed by atoms with E-state index in [0.29, 0.717) is 13.0 Å². The minimum atomic E-state index is -1.00. The van der Waals surface area contributed by atoms with Gasteiger partial charge < -0.3 is 27.4 Å². The number of nitrogens with two attached hydrogens (primary N) is 3. The van der Waals surface area contributed by atoms with Gasteiger partial charge in [-0.05, 0) is 19.4 Å². The fourth-order valence-corrected chi connectivity index (χ4v) is 0.866. The molecule has 0 saturated carbocycles. The molecule has 0 heterocycles. The second kappa shape index (κ2) is 14.9. The van der Waals surface area contributed by atoms with Crippen molar-refractivity contribution in [3.05, 3.63) is 0 Å². The molecule has 0 rings (SSSR count).